The lowest BCUT2D eigenvalue weighted by Gasteiger charge is -2.35. The van der Waals surface area contributed by atoms with Crippen LogP contribution in [0.5, 0.6) is 0 Å². The van der Waals surface area contributed by atoms with Crippen molar-refractivity contribution in [3.8, 4) is 0 Å². The Hall–Kier alpha value is -0.630. The highest BCUT2D eigenvalue weighted by Crippen LogP contribution is 2.37. The molecule has 1 aliphatic rings. The van der Waals surface area contributed by atoms with Crippen molar-refractivity contribution < 1.29 is 4.79 Å². The fourth-order valence-electron chi connectivity index (χ4n) is 3.21. The largest absolute Gasteiger partial charge is 0.299 e. The molecule has 0 spiro atoms. The van der Waals surface area contributed by atoms with Crippen LogP contribution in [0.25, 0.3) is 0 Å². The third-order valence-corrected chi connectivity index (χ3v) is 5.33. The van der Waals surface area contributed by atoms with E-state index < -0.39 is 0 Å². The first kappa shape index (κ1) is 14.8. The third-order valence-electron chi connectivity index (χ3n) is 4.55. The van der Waals surface area contributed by atoms with Crippen LogP contribution in [0.1, 0.15) is 39.2 Å². The van der Waals surface area contributed by atoms with Gasteiger partial charge in [0.05, 0.1) is 0 Å². The summed E-state index contributed by atoms with van der Waals surface area (Å²) >= 11 is 3.60. The van der Waals surface area contributed by atoms with Gasteiger partial charge in [-0.2, -0.15) is 0 Å². The predicted molar refractivity (Wildman–Crippen MR) is 83.1 cm³/mol. The van der Waals surface area contributed by atoms with Crippen LogP contribution in [0, 0.1) is 23.7 Å². The number of Topliss-reactive ketones (excluding diaryl/α,β-unsaturated/α-hetero) is 1. The minimum absolute atomic E-state index is 0.194. The van der Waals surface area contributed by atoms with Gasteiger partial charge in [-0.15, -0.1) is 0 Å². The molecule has 0 unspecified atom stereocenters. The smallest absolute Gasteiger partial charge is 0.139 e. The van der Waals surface area contributed by atoms with Gasteiger partial charge in [-0.05, 0) is 42.7 Å². The van der Waals surface area contributed by atoms with E-state index in [1.54, 1.807) is 0 Å². The minimum atomic E-state index is 0.194. The normalized spacial score (nSPS) is 27.8. The zero-order valence-electron chi connectivity index (χ0n) is 12.0. The number of ketones is 1. The van der Waals surface area contributed by atoms with E-state index >= 15 is 0 Å². The second-order valence-electron chi connectivity index (χ2n) is 6.21. The molecule has 0 N–H and O–H groups in total. The molecular formula is C17H23BrO. The van der Waals surface area contributed by atoms with Gasteiger partial charge >= 0.3 is 0 Å². The molecule has 0 bridgehead atoms. The number of benzene rings is 1. The molecule has 0 aliphatic heterocycles. The molecule has 1 nitrogen and oxygen atoms in total. The van der Waals surface area contributed by atoms with Crippen LogP contribution in [0.15, 0.2) is 28.7 Å². The van der Waals surface area contributed by atoms with Gasteiger partial charge in [-0.25, -0.2) is 0 Å². The van der Waals surface area contributed by atoms with Crippen molar-refractivity contribution in [1.29, 1.82) is 0 Å². The van der Waals surface area contributed by atoms with E-state index in [-0.39, 0.29) is 11.8 Å². The van der Waals surface area contributed by atoms with Crippen LogP contribution < -0.4 is 0 Å². The molecule has 0 saturated heterocycles. The molecule has 0 radical (unpaired) electrons. The van der Waals surface area contributed by atoms with Gasteiger partial charge in [0.1, 0.15) is 5.78 Å². The molecule has 0 amide bonds. The van der Waals surface area contributed by atoms with Gasteiger partial charge < -0.3 is 0 Å². The maximum absolute atomic E-state index is 12.7. The Bertz CT molecular complexity index is 452. The highest BCUT2D eigenvalue weighted by molar-refractivity contribution is 9.10. The molecule has 1 aromatic rings. The number of carbonyl (C=O) groups excluding carboxylic acids is 1. The van der Waals surface area contributed by atoms with E-state index in [0.29, 0.717) is 17.6 Å². The van der Waals surface area contributed by atoms with Crippen molar-refractivity contribution >= 4 is 21.7 Å². The van der Waals surface area contributed by atoms with Gasteiger partial charge in [-0.3, -0.25) is 4.79 Å². The summed E-state index contributed by atoms with van der Waals surface area (Å²) in [7, 11) is 0. The number of hydrogen-bond acceptors (Lipinski definition) is 1. The van der Waals surface area contributed by atoms with Crippen molar-refractivity contribution in [1.82, 2.24) is 0 Å². The summed E-state index contributed by atoms with van der Waals surface area (Å²) in [4.78, 5) is 12.7. The van der Waals surface area contributed by atoms with E-state index in [9.17, 15) is 4.79 Å². The summed E-state index contributed by atoms with van der Waals surface area (Å²) in [6, 6.07) is 8.27. The Kier molecular flexibility index (Phi) is 4.83. The number of carbonyl (C=O) groups is 1. The predicted octanol–water partition coefficient (Wildman–Crippen LogP) is 4.88. The second-order valence-corrected chi connectivity index (χ2v) is 7.06. The van der Waals surface area contributed by atoms with Gasteiger partial charge in [0.2, 0.25) is 0 Å². The SMILES string of the molecule is CC(C)[C@@H]1CC[C@@H](C)[C@H](Cc2ccccc2Br)C1=O. The highest BCUT2D eigenvalue weighted by atomic mass is 79.9. The Morgan fingerprint density at radius 2 is 1.95 bits per heavy atom. The average Bonchev–Trinajstić information content (AvgIpc) is 2.36. The maximum Gasteiger partial charge on any atom is 0.139 e. The molecule has 1 saturated carbocycles. The lowest BCUT2D eigenvalue weighted by Crippen LogP contribution is -2.37. The highest BCUT2D eigenvalue weighted by Gasteiger charge is 2.37. The molecule has 1 fully saturated rings. The van der Waals surface area contributed by atoms with E-state index in [1.807, 2.05) is 6.07 Å². The molecule has 2 rings (SSSR count). The first-order valence-electron chi connectivity index (χ1n) is 7.27. The molecule has 2 heteroatoms. The Labute approximate surface area is 124 Å². The molecule has 1 aliphatic carbocycles. The van der Waals surface area contributed by atoms with Crippen LogP contribution in [0.4, 0.5) is 0 Å². The molecular weight excluding hydrogens is 300 g/mol. The standard InChI is InChI=1S/C17H23BrO/c1-11(2)14-9-8-12(3)15(17(14)19)10-13-6-4-5-7-16(13)18/h4-7,11-12,14-15H,8-10H2,1-3H3/t12-,14+,15+/m1/s1. The third kappa shape index (κ3) is 3.28. The number of halogens is 1. The van der Waals surface area contributed by atoms with Crippen molar-refractivity contribution in [2.45, 2.75) is 40.0 Å². The van der Waals surface area contributed by atoms with E-state index in [1.165, 1.54) is 12.0 Å². The first-order valence-corrected chi connectivity index (χ1v) is 8.07. The van der Waals surface area contributed by atoms with Crippen molar-refractivity contribution in [2.24, 2.45) is 23.7 Å². The van der Waals surface area contributed by atoms with E-state index in [4.69, 9.17) is 0 Å². The van der Waals surface area contributed by atoms with E-state index in [2.05, 4.69) is 54.9 Å². The quantitative estimate of drug-likeness (QED) is 0.775. The second kappa shape index (κ2) is 6.21. The van der Waals surface area contributed by atoms with Crippen LogP contribution in [0.2, 0.25) is 0 Å². The summed E-state index contributed by atoms with van der Waals surface area (Å²) < 4.78 is 1.13. The molecule has 19 heavy (non-hydrogen) atoms. The summed E-state index contributed by atoms with van der Waals surface area (Å²) in [5.41, 5.74) is 1.26. The molecule has 0 aromatic heterocycles. The van der Waals surface area contributed by atoms with Gasteiger partial charge in [0, 0.05) is 16.3 Å². The molecule has 0 heterocycles. The fraction of sp³-hybridized carbons (Fsp3) is 0.588. The number of rotatable bonds is 3. The summed E-state index contributed by atoms with van der Waals surface area (Å²) in [5.74, 6) is 1.93. The Morgan fingerprint density at radius 1 is 1.26 bits per heavy atom. The van der Waals surface area contributed by atoms with Crippen LogP contribution in [-0.2, 0) is 11.2 Å². The molecule has 104 valence electrons. The van der Waals surface area contributed by atoms with E-state index in [0.717, 1.165) is 17.3 Å². The fourth-order valence-corrected chi connectivity index (χ4v) is 3.65. The van der Waals surface area contributed by atoms with Gasteiger partial charge in [-0.1, -0.05) is 54.9 Å². The summed E-state index contributed by atoms with van der Waals surface area (Å²) in [6.45, 7) is 6.58. The van der Waals surface area contributed by atoms with Crippen LogP contribution in [0.3, 0.4) is 0 Å². The zero-order chi connectivity index (χ0) is 14.0. The lowest BCUT2D eigenvalue weighted by atomic mass is 9.68. The van der Waals surface area contributed by atoms with Crippen LogP contribution >= 0.6 is 15.9 Å². The van der Waals surface area contributed by atoms with Crippen molar-refractivity contribution in [2.75, 3.05) is 0 Å². The summed E-state index contributed by atoms with van der Waals surface area (Å²) in [6.07, 6.45) is 3.14. The molecule has 3 atom stereocenters. The van der Waals surface area contributed by atoms with Crippen LogP contribution in [-0.4, -0.2) is 5.78 Å². The average molecular weight is 323 g/mol. The molecule has 1 aromatic carbocycles. The number of hydrogen-bond donors (Lipinski definition) is 0. The Balaban J connectivity index is 2.17. The van der Waals surface area contributed by atoms with Crippen molar-refractivity contribution in [3.63, 3.8) is 0 Å². The topological polar surface area (TPSA) is 17.1 Å². The van der Waals surface area contributed by atoms with Gasteiger partial charge in [0.25, 0.3) is 0 Å². The van der Waals surface area contributed by atoms with Gasteiger partial charge in [0.15, 0.2) is 0 Å². The zero-order valence-corrected chi connectivity index (χ0v) is 13.6. The monoisotopic (exact) mass is 322 g/mol. The minimum Gasteiger partial charge on any atom is -0.299 e. The van der Waals surface area contributed by atoms with Crippen molar-refractivity contribution in [3.05, 3.63) is 34.3 Å². The first-order chi connectivity index (χ1) is 9.00. The summed E-state index contributed by atoms with van der Waals surface area (Å²) in [5, 5.41) is 0. The lowest BCUT2D eigenvalue weighted by molar-refractivity contribution is -0.132. The Morgan fingerprint density at radius 3 is 2.58 bits per heavy atom. The maximum atomic E-state index is 12.7.